The topological polar surface area (TPSA) is 82.1 Å². The summed E-state index contributed by atoms with van der Waals surface area (Å²) in [7, 11) is 0. The number of amidine groups is 1. The second kappa shape index (κ2) is 5.87. The van der Waals surface area contributed by atoms with Crippen LogP contribution in [0.4, 0.5) is 4.39 Å². The van der Waals surface area contributed by atoms with Crippen LogP contribution in [0.2, 0.25) is 0 Å². The van der Waals surface area contributed by atoms with Gasteiger partial charge in [0, 0.05) is 19.0 Å². The van der Waals surface area contributed by atoms with E-state index in [-0.39, 0.29) is 11.8 Å². The normalized spacial score (nSPS) is 29.3. The van der Waals surface area contributed by atoms with Gasteiger partial charge in [-0.3, -0.25) is 9.29 Å². The highest BCUT2D eigenvalue weighted by Gasteiger charge is 2.27. The second-order valence-corrected chi connectivity index (χ2v) is 3.92. The van der Waals surface area contributed by atoms with Crippen LogP contribution in [0.15, 0.2) is 5.16 Å². The maximum Gasteiger partial charge on any atom is 0.153 e. The van der Waals surface area contributed by atoms with Crippen LogP contribution < -0.4 is 5.73 Å². The quantitative estimate of drug-likeness (QED) is 0.264. The van der Waals surface area contributed by atoms with Crippen LogP contribution in [-0.2, 0) is 0 Å². The molecule has 1 aliphatic rings. The Kier molecular flexibility index (Phi) is 4.77. The lowest BCUT2D eigenvalue weighted by Gasteiger charge is -2.35. The van der Waals surface area contributed by atoms with Gasteiger partial charge in [-0.15, -0.1) is 0 Å². The molecule has 1 fully saturated rings. The summed E-state index contributed by atoms with van der Waals surface area (Å²) in [5, 5.41) is 20.9. The molecule has 0 unspecified atom stereocenters. The Morgan fingerprint density at radius 1 is 1.60 bits per heavy atom. The summed E-state index contributed by atoms with van der Waals surface area (Å²) in [5.74, 6) is 0.0978. The van der Waals surface area contributed by atoms with E-state index in [1.54, 1.807) is 0 Å². The summed E-state index contributed by atoms with van der Waals surface area (Å²) in [6.45, 7) is 1.24. The van der Waals surface area contributed by atoms with E-state index in [0.717, 1.165) is 0 Å². The Hall–Kier alpha value is -0.880. The second-order valence-electron chi connectivity index (χ2n) is 3.92. The summed E-state index contributed by atoms with van der Waals surface area (Å²) in [6, 6.07) is 0. The van der Waals surface area contributed by atoms with Crippen LogP contribution in [0.5, 0.6) is 0 Å². The number of oxime groups is 1. The predicted octanol–water partition coefficient (Wildman–Crippen LogP) is -0.225. The largest absolute Gasteiger partial charge is 0.409 e. The van der Waals surface area contributed by atoms with Crippen molar-refractivity contribution in [3.05, 3.63) is 0 Å². The van der Waals surface area contributed by atoms with Gasteiger partial charge in [0.25, 0.3) is 0 Å². The average molecular weight is 219 g/mol. The average Bonchev–Trinajstić information content (AvgIpc) is 2.23. The van der Waals surface area contributed by atoms with Crippen molar-refractivity contribution in [2.75, 3.05) is 26.3 Å². The van der Waals surface area contributed by atoms with Gasteiger partial charge in [0.1, 0.15) is 0 Å². The minimum absolute atomic E-state index is 0.0461. The Balaban J connectivity index is 2.42. The minimum Gasteiger partial charge on any atom is -0.409 e. The highest BCUT2D eigenvalue weighted by Crippen LogP contribution is 2.20. The Morgan fingerprint density at radius 2 is 2.33 bits per heavy atom. The van der Waals surface area contributed by atoms with Crippen molar-refractivity contribution < 1.29 is 14.7 Å². The third-order valence-corrected chi connectivity index (χ3v) is 2.77. The van der Waals surface area contributed by atoms with Gasteiger partial charge in [0.15, 0.2) is 5.84 Å². The van der Waals surface area contributed by atoms with Crippen LogP contribution in [0.25, 0.3) is 0 Å². The number of piperidine rings is 1. The molecule has 0 aromatic heterocycles. The Labute approximate surface area is 88.4 Å². The molecule has 0 saturated carbocycles. The van der Waals surface area contributed by atoms with E-state index in [4.69, 9.17) is 10.9 Å². The van der Waals surface area contributed by atoms with Gasteiger partial charge >= 0.3 is 0 Å². The molecule has 1 aliphatic heterocycles. The number of hydrogen-bond acceptors (Lipinski definition) is 4. The number of rotatable bonds is 4. The molecule has 15 heavy (non-hydrogen) atoms. The molecule has 0 bridgehead atoms. The summed E-state index contributed by atoms with van der Waals surface area (Å²) in [4.78, 5) is 1.96. The van der Waals surface area contributed by atoms with Gasteiger partial charge in [-0.05, 0) is 12.8 Å². The molecule has 88 valence electrons. The molecular formula is C9H18FN3O2. The number of nitrogens with zero attached hydrogens (tertiary/aromatic N) is 2. The molecule has 1 rings (SSSR count). The molecule has 0 amide bonds. The Morgan fingerprint density at radius 3 is 2.93 bits per heavy atom. The maximum absolute atomic E-state index is 12.2. The number of hydrogen-bond donors (Lipinski definition) is 3. The van der Waals surface area contributed by atoms with Crippen LogP contribution >= 0.6 is 0 Å². The van der Waals surface area contributed by atoms with Crippen LogP contribution in [-0.4, -0.2) is 53.5 Å². The molecule has 2 atom stereocenters. The third kappa shape index (κ3) is 3.64. The number of likely N-dealkylation sites (tertiary alicyclic amines) is 1. The zero-order valence-electron chi connectivity index (χ0n) is 8.64. The standard InChI is InChI=1S/C9H18FN3O2/c10-3-1-7-5-13(4-2-8(7)14)6-9(11)12-15/h7-8,14-15H,1-6H2,(H2,11,12)/t7-,8-/m1/s1. The van der Waals surface area contributed by atoms with E-state index in [0.29, 0.717) is 32.5 Å². The fraction of sp³-hybridized carbons (Fsp3) is 0.889. The van der Waals surface area contributed by atoms with Crippen molar-refractivity contribution in [2.45, 2.75) is 18.9 Å². The van der Waals surface area contributed by atoms with Gasteiger partial charge < -0.3 is 16.0 Å². The highest BCUT2D eigenvalue weighted by atomic mass is 19.1. The van der Waals surface area contributed by atoms with Crippen LogP contribution in [0, 0.1) is 5.92 Å². The van der Waals surface area contributed by atoms with Crippen molar-refractivity contribution in [2.24, 2.45) is 16.8 Å². The van der Waals surface area contributed by atoms with Crippen molar-refractivity contribution in [1.29, 1.82) is 0 Å². The first kappa shape index (κ1) is 12.2. The molecule has 1 saturated heterocycles. The van der Waals surface area contributed by atoms with Gasteiger partial charge in [0.2, 0.25) is 0 Å². The monoisotopic (exact) mass is 219 g/mol. The van der Waals surface area contributed by atoms with E-state index in [1.807, 2.05) is 4.90 Å². The lowest BCUT2D eigenvalue weighted by atomic mass is 9.92. The zero-order valence-corrected chi connectivity index (χ0v) is 8.64. The first-order valence-electron chi connectivity index (χ1n) is 5.10. The maximum atomic E-state index is 12.2. The fourth-order valence-corrected chi connectivity index (χ4v) is 1.92. The van der Waals surface area contributed by atoms with E-state index >= 15 is 0 Å². The molecule has 4 N–H and O–H groups in total. The van der Waals surface area contributed by atoms with E-state index in [2.05, 4.69) is 5.16 Å². The summed E-state index contributed by atoms with van der Waals surface area (Å²) in [5.41, 5.74) is 5.38. The molecule has 0 aromatic rings. The van der Waals surface area contributed by atoms with E-state index in [1.165, 1.54) is 0 Å². The van der Waals surface area contributed by atoms with Gasteiger partial charge in [0.05, 0.1) is 19.3 Å². The van der Waals surface area contributed by atoms with Gasteiger partial charge in [-0.2, -0.15) is 0 Å². The number of aliphatic hydroxyl groups excluding tert-OH is 1. The van der Waals surface area contributed by atoms with Gasteiger partial charge in [-0.25, -0.2) is 0 Å². The van der Waals surface area contributed by atoms with Crippen molar-refractivity contribution in [1.82, 2.24) is 4.90 Å². The molecule has 6 heteroatoms. The lowest BCUT2D eigenvalue weighted by molar-refractivity contribution is 0.0255. The summed E-state index contributed by atoms with van der Waals surface area (Å²) >= 11 is 0. The van der Waals surface area contributed by atoms with E-state index in [9.17, 15) is 9.50 Å². The molecule has 1 heterocycles. The number of nitrogens with two attached hydrogens (primary N) is 1. The van der Waals surface area contributed by atoms with Crippen molar-refractivity contribution in [3.63, 3.8) is 0 Å². The molecule has 0 aliphatic carbocycles. The first-order valence-corrected chi connectivity index (χ1v) is 5.10. The smallest absolute Gasteiger partial charge is 0.153 e. The summed E-state index contributed by atoms with van der Waals surface area (Å²) < 4.78 is 12.2. The molecule has 5 nitrogen and oxygen atoms in total. The van der Waals surface area contributed by atoms with E-state index < -0.39 is 12.8 Å². The molecule has 0 aromatic carbocycles. The molecule has 0 spiro atoms. The third-order valence-electron chi connectivity index (χ3n) is 2.77. The van der Waals surface area contributed by atoms with Crippen LogP contribution in [0.1, 0.15) is 12.8 Å². The predicted molar refractivity (Wildman–Crippen MR) is 54.6 cm³/mol. The highest BCUT2D eigenvalue weighted by molar-refractivity contribution is 5.81. The summed E-state index contributed by atoms with van der Waals surface area (Å²) in [6.07, 6.45) is 0.557. The Bertz CT molecular complexity index is 225. The molecule has 0 radical (unpaired) electrons. The lowest BCUT2D eigenvalue weighted by Crippen LogP contribution is -2.46. The zero-order chi connectivity index (χ0) is 11.3. The number of aliphatic hydroxyl groups is 1. The number of halogens is 1. The molecular weight excluding hydrogens is 201 g/mol. The van der Waals surface area contributed by atoms with Crippen molar-refractivity contribution in [3.8, 4) is 0 Å². The number of alkyl halides is 1. The first-order chi connectivity index (χ1) is 7.17. The van der Waals surface area contributed by atoms with Crippen molar-refractivity contribution >= 4 is 5.84 Å². The van der Waals surface area contributed by atoms with Crippen LogP contribution in [0.3, 0.4) is 0 Å². The van der Waals surface area contributed by atoms with Gasteiger partial charge in [-0.1, -0.05) is 5.16 Å². The fourth-order valence-electron chi connectivity index (χ4n) is 1.92. The SMILES string of the molecule is NC(CN1CC[C@@H](O)[C@H](CCF)C1)=NO. The minimum atomic E-state index is -0.427.